The lowest BCUT2D eigenvalue weighted by molar-refractivity contribution is 0.0878. The molecule has 0 radical (unpaired) electrons. The zero-order chi connectivity index (χ0) is 19.0. The molecule has 9 heteroatoms. The number of anilines is 1. The number of nitrogens with one attached hydrogen (secondary N) is 2. The van der Waals surface area contributed by atoms with Crippen molar-refractivity contribution < 1.29 is 14.4 Å². The molecule has 0 bridgehead atoms. The van der Waals surface area contributed by atoms with Gasteiger partial charge in [-0.15, -0.1) is 0 Å². The highest BCUT2D eigenvalue weighted by atomic mass is 35.5. The highest BCUT2D eigenvalue weighted by Crippen LogP contribution is 2.25. The summed E-state index contributed by atoms with van der Waals surface area (Å²) in [4.78, 5) is 48.3. The van der Waals surface area contributed by atoms with E-state index in [0.717, 1.165) is 17.1 Å². The van der Waals surface area contributed by atoms with Gasteiger partial charge in [-0.1, -0.05) is 18.5 Å². The second-order valence-corrected chi connectivity index (χ2v) is 6.10. The van der Waals surface area contributed by atoms with Gasteiger partial charge in [-0.05, 0) is 24.6 Å². The summed E-state index contributed by atoms with van der Waals surface area (Å²) in [5.74, 6) is -1.92. The van der Waals surface area contributed by atoms with Crippen molar-refractivity contribution in [2.24, 2.45) is 0 Å². The van der Waals surface area contributed by atoms with Crippen LogP contribution in [0.25, 0.3) is 5.69 Å². The van der Waals surface area contributed by atoms with Crippen molar-refractivity contribution in [3.05, 3.63) is 56.3 Å². The molecule has 1 aliphatic heterocycles. The molecule has 2 heterocycles. The van der Waals surface area contributed by atoms with Crippen LogP contribution in [0.5, 0.6) is 0 Å². The number of hydrogen-bond acceptors (Lipinski definition) is 5. The number of halogens is 1. The van der Waals surface area contributed by atoms with Gasteiger partial charge in [-0.3, -0.25) is 29.1 Å². The summed E-state index contributed by atoms with van der Waals surface area (Å²) < 4.78 is 1.06. The van der Waals surface area contributed by atoms with Crippen LogP contribution in [0.15, 0.2) is 29.1 Å². The van der Waals surface area contributed by atoms with Crippen molar-refractivity contribution in [1.29, 1.82) is 0 Å². The fraction of sp³-hybridized carbons (Fsp3) is 0.176. The summed E-state index contributed by atoms with van der Waals surface area (Å²) in [5, 5.41) is 5.01. The number of benzene rings is 1. The molecule has 0 spiro atoms. The number of amides is 3. The molecule has 0 fully saturated rings. The first-order valence-corrected chi connectivity index (χ1v) is 8.22. The number of nitrogen functional groups attached to an aromatic ring is 1. The predicted octanol–water partition coefficient (Wildman–Crippen LogP) is 1.10. The third-order valence-electron chi connectivity index (χ3n) is 3.94. The van der Waals surface area contributed by atoms with Gasteiger partial charge in [0.05, 0.1) is 27.4 Å². The smallest absolute Gasteiger partial charge is 0.262 e. The van der Waals surface area contributed by atoms with Gasteiger partial charge >= 0.3 is 0 Å². The maximum atomic E-state index is 12.4. The van der Waals surface area contributed by atoms with Gasteiger partial charge in [0.2, 0.25) is 0 Å². The second-order valence-electron chi connectivity index (χ2n) is 5.70. The molecular formula is C17H15ClN4O4. The molecule has 0 aliphatic carbocycles. The Hall–Kier alpha value is -3.13. The van der Waals surface area contributed by atoms with E-state index in [-0.39, 0.29) is 39.1 Å². The quantitative estimate of drug-likeness (QED) is 0.691. The van der Waals surface area contributed by atoms with Gasteiger partial charge in [-0.2, -0.15) is 0 Å². The summed E-state index contributed by atoms with van der Waals surface area (Å²) in [6, 6.07) is 5.41. The van der Waals surface area contributed by atoms with E-state index >= 15 is 0 Å². The number of nitrogens with zero attached hydrogens (tertiary/aromatic N) is 1. The summed E-state index contributed by atoms with van der Waals surface area (Å²) in [6.45, 7) is 2.39. The maximum absolute atomic E-state index is 12.4. The van der Waals surface area contributed by atoms with Gasteiger partial charge in [-0.25, -0.2) is 0 Å². The topological polar surface area (TPSA) is 123 Å². The molecule has 1 aromatic carbocycles. The van der Waals surface area contributed by atoms with Gasteiger partial charge in [0.15, 0.2) is 0 Å². The van der Waals surface area contributed by atoms with Crippen molar-refractivity contribution in [3.8, 4) is 5.69 Å². The van der Waals surface area contributed by atoms with Crippen LogP contribution in [-0.2, 0) is 0 Å². The van der Waals surface area contributed by atoms with Crippen LogP contribution in [-0.4, -0.2) is 28.8 Å². The normalized spacial score (nSPS) is 12.7. The van der Waals surface area contributed by atoms with E-state index in [1.165, 1.54) is 18.2 Å². The Balaban J connectivity index is 2.15. The lowest BCUT2D eigenvalue weighted by Crippen LogP contribution is -2.26. The van der Waals surface area contributed by atoms with Gasteiger partial charge in [0, 0.05) is 12.6 Å². The molecule has 0 saturated carbocycles. The molecule has 0 atom stereocenters. The highest BCUT2D eigenvalue weighted by molar-refractivity contribution is 6.34. The number of carbonyl (C=O) groups is 3. The Morgan fingerprint density at radius 3 is 2.65 bits per heavy atom. The molecule has 1 aromatic heterocycles. The largest absolute Gasteiger partial charge is 0.384 e. The third-order valence-corrected chi connectivity index (χ3v) is 4.27. The first kappa shape index (κ1) is 17.7. The Morgan fingerprint density at radius 2 is 1.96 bits per heavy atom. The van der Waals surface area contributed by atoms with Crippen molar-refractivity contribution in [3.63, 3.8) is 0 Å². The standard InChI is InChI=1S/C17H15ClN4O4/c1-2-5-20-15(24)9-6-8(3-4-11(9)18)22-12(23)7-10-13(14(22)19)17(26)21-16(10)25/h3-4,6-7H,2,5,19H2,1H3,(H,20,24)(H,21,25,26). The minimum atomic E-state index is -0.675. The van der Waals surface area contributed by atoms with Crippen LogP contribution in [0.2, 0.25) is 5.02 Å². The van der Waals surface area contributed by atoms with Gasteiger partial charge in [0.25, 0.3) is 23.3 Å². The molecule has 1 aliphatic rings. The first-order chi connectivity index (χ1) is 12.3. The molecule has 2 aromatic rings. The predicted molar refractivity (Wildman–Crippen MR) is 95.9 cm³/mol. The van der Waals surface area contributed by atoms with Crippen LogP contribution >= 0.6 is 11.6 Å². The van der Waals surface area contributed by atoms with Crippen LogP contribution in [0.1, 0.15) is 44.4 Å². The Kier molecular flexibility index (Phi) is 4.52. The molecule has 0 saturated heterocycles. The van der Waals surface area contributed by atoms with Crippen LogP contribution in [0, 0.1) is 0 Å². The van der Waals surface area contributed by atoms with Crippen molar-refractivity contribution in [1.82, 2.24) is 15.2 Å². The van der Waals surface area contributed by atoms with Crippen molar-refractivity contribution in [2.45, 2.75) is 13.3 Å². The average Bonchev–Trinajstić information content (AvgIpc) is 2.88. The summed E-state index contributed by atoms with van der Waals surface area (Å²) in [7, 11) is 0. The number of aromatic nitrogens is 1. The minimum Gasteiger partial charge on any atom is -0.384 e. The van der Waals surface area contributed by atoms with Crippen LogP contribution < -0.4 is 21.9 Å². The molecule has 4 N–H and O–H groups in total. The SMILES string of the molecule is CCCNC(=O)c1cc(-n2c(N)c3c(cc2=O)C(=O)NC3=O)ccc1Cl. The Bertz CT molecular complexity index is 1010. The number of pyridine rings is 1. The molecular weight excluding hydrogens is 360 g/mol. The number of fused-ring (bicyclic) bond motifs is 1. The second kappa shape index (κ2) is 6.64. The summed E-state index contributed by atoms with van der Waals surface area (Å²) >= 11 is 6.08. The fourth-order valence-electron chi connectivity index (χ4n) is 2.71. The van der Waals surface area contributed by atoms with Gasteiger partial charge < -0.3 is 11.1 Å². The highest BCUT2D eigenvalue weighted by Gasteiger charge is 2.32. The number of carbonyl (C=O) groups excluding carboxylic acids is 3. The minimum absolute atomic E-state index is 0.0661. The Labute approximate surface area is 152 Å². The lowest BCUT2D eigenvalue weighted by atomic mass is 10.1. The van der Waals surface area contributed by atoms with E-state index in [0.29, 0.717) is 6.54 Å². The molecule has 26 heavy (non-hydrogen) atoms. The Morgan fingerprint density at radius 1 is 1.23 bits per heavy atom. The first-order valence-electron chi connectivity index (χ1n) is 7.84. The van der Waals surface area contributed by atoms with Crippen LogP contribution in [0.4, 0.5) is 5.82 Å². The number of imide groups is 1. The number of rotatable bonds is 4. The number of nitrogens with two attached hydrogens (primary N) is 1. The van der Waals surface area contributed by atoms with E-state index in [4.69, 9.17) is 17.3 Å². The van der Waals surface area contributed by atoms with Crippen molar-refractivity contribution >= 4 is 35.1 Å². The molecule has 3 rings (SSSR count). The zero-order valence-corrected chi connectivity index (χ0v) is 14.5. The van der Waals surface area contributed by atoms with E-state index in [2.05, 4.69) is 10.6 Å². The molecule has 134 valence electrons. The molecule has 0 unspecified atom stereocenters. The lowest BCUT2D eigenvalue weighted by Gasteiger charge is -2.14. The fourth-order valence-corrected chi connectivity index (χ4v) is 2.91. The summed E-state index contributed by atoms with van der Waals surface area (Å²) in [5.41, 5.74) is 5.67. The van der Waals surface area contributed by atoms with E-state index < -0.39 is 17.4 Å². The van der Waals surface area contributed by atoms with E-state index in [1.807, 2.05) is 6.92 Å². The number of hydrogen-bond donors (Lipinski definition) is 3. The monoisotopic (exact) mass is 374 g/mol. The summed E-state index contributed by atoms with van der Waals surface area (Å²) in [6.07, 6.45) is 0.753. The van der Waals surface area contributed by atoms with E-state index in [9.17, 15) is 19.2 Å². The average molecular weight is 375 g/mol. The van der Waals surface area contributed by atoms with Crippen molar-refractivity contribution in [2.75, 3.05) is 12.3 Å². The molecule has 8 nitrogen and oxygen atoms in total. The van der Waals surface area contributed by atoms with Gasteiger partial charge in [0.1, 0.15) is 5.82 Å². The third kappa shape index (κ3) is 2.84. The zero-order valence-electron chi connectivity index (χ0n) is 13.8. The maximum Gasteiger partial charge on any atom is 0.262 e. The van der Waals surface area contributed by atoms with E-state index in [1.54, 1.807) is 0 Å². The molecule has 3 amide bonds. The van der Waals surface area contributed by atoms with Crippen LogP contribution in [0.3, 0.4) is 0 Å².